The number of amides is 2. The minimum absolute atomic E-state index is 0.0628. The van der Waals surface area contributed by atoms with Gasteiger partial charge >= 0.3 is 0 Å². The smallest absolute Gasteiger partial charge is 0.224 e. The molecule has 3 rings (SSSR count). The predicted molar refractivity (Wildman–Crippen MR) is 110 cm³/mol. The van der Waals surface area contributed by atoms with E-state index in [4.69, 9.17) is 0 Å². The first-order chi connectivity index (χ1) is 13.0. The maximum atomic E-state index is 12.2. The van der Waals surface area contributed by atoms with Gasteiger partial charge in [-0.1, -0.05) is 29.8 Å². The van der Waals surface area contributed by atoms with E-state index in [-0.39, 0.29) is 11.8 Å². The number of aromatic nitrogens is 1. The minimum atomic E-state index is -0.125. The van der Waals surface area contributed by atoms with E-state index in [2.05, 4.69) is 46.8 Å². The number of benzene rings is 2. The van der Waals surface area contributed by atoms with Crippen LogP contribution in [0.15, 0.2) is 53.9 Å². The third kappa shape index (κ3) is 5.49. The lowest BCUT2D eigenvalue weighted by Gasteiger charge is -2.06. The average Bonchev–Trinajstić information content (AvgIpc) is 3.11. The van der Waals surface area contributed by atoms with Crippen LogP contribution in [0.4, 0.5) is 11.4 Å². The van der Waals surface area contributed by atoms with Crippen molar-refractivity contribution in [3.05, 3.63) is 65.2 Å². The number of aryl methyl sites for hydroxylation is 2. The molecule has 2 amide bonds. The quantitative estimate of drug-likeness (QED) is 0.655. The standard InChI is InChI=1S/C21H21N3O2S/c1-14-3-5-16(6-4-14)21-24-19(13-27-21)11-12-20(26)23-18-9-7-17(8-10-18)22-15(2)25/h3-10,13H,11-12H2,1-2H3,(H,22,25)(H,23,26). The van der Waals surface area contributed by atoms with Gasteiger partial charge in [0.15, 0.2) is 0 Å². The molecule has 0 aliphatic rings. The summed E-state index contributed by atoms with van der Waals surface area (Å²) in [5, 5.41) is 8.53. The van der Waals surface area contributed by atoms with Crippen molar-refractivity contribution in [1.29, 1.82) is 0 Å². The van der Waals surface area contributed by atoms with Crippen LogP contribution in [0.1, 0.15) is 24.6 Å². The Bertz CT molecular complexity index is 931. The zero-order valence-corrected chi connectivity index (χ0v) is 16.1. The fraction of sp³-hybridized carbons (Fsp3) is 0.190. The molecule has 0 atom stereocenters. The van der Waals surface area contributed by atoms with Gasteiger partial charge in [-0.15, -0.1) is 11.3 Å². The van der Waals surface area contributed by atoms with Crippen LogP contribution in [0, 0.1) is 6.92 Å². The summed E-state index contributed by atoms with van der Waals surface area (Å²) >= 11 is 1.59. The van der Waals surface area contributed by atoms with Crippen LogP contribution >= 0.6 is 11.3 Å². The number of nitrogens with zero attached hydrogens (tertiary/aromatic N) is 1. The number of carbonyl (C=O) groups excluding carboxylic acids is 2. The van der Waals surface area contributed by atoms with Crippen molar-refractivity contribution in [3.63, 3.8) is 0 Å². The van der Waals surface area contributed by atoms with Crippen LogP contribution < -0.4 is 10.6 Å². The topological polar surface area (TPSA) is 71.1 Å². The molecule has 3 aromatic rings. The molecular weight excluding hydrogens is 358 g/mol. The van der Waals surface area contributed by atoms with Gasteiger partial charge in [0.1, 0.15) is 5.01 Å². The molecule has 5 nitrogen and oxygen atoms in total. The second-order valence-electron chi connectivity index (χ2n) is 6.32. The first-order valence-corrected chi connectivity index (χ1v) is 9.56. The van der Waals surface area contributed by atoms with Crippen molar-refractivity contribution in [3.8, 4) is 10.6 Å². The van der Waals surface area contributed by atoms with Crippen molar-refractivity contribution in [2.45, 2.75) is 26.7 Å². The molecule has 0 saturated carbocycles. The van der Waals surface area contributed by atoms with Crippen LogP contribution in [0.3, 0.4) is 0 Å². The monoisotopic (exact) mass is 379 g/mol. The Morgan fingerprint density at radius 2 is 1.59 bits per heavy atom. The second kappa shape index (κ2) is 8.60. The van der Waals surface area contributed by atoms with Gasteiger partial charge in [0.2, 0.25) is 11.8 Å². The lowest BCUT2D eigenvalue weighted by molar-refractivity contribution is -0.116. The Labute approximate surface area is 162 Å². The fourth-order valence-corrected chi connectivity index (χ4v) is 3.42. The zero-order chi connectivity index (χ0) is 19.2. The molecule has 6 heteroatoms. The van der Waals surface area contributed by atoms with Crippen LogP contribution in [0.2, 0.25) is 0 Å². The highest BCUT2D eigenvalue weighted by Gasteiger charge is 2.08. The van der Waals surface area contributed by atoms with E-state index in [0.717, 1.165) is 16.3 Å². The largest absolute Gasteiger partial charge is 0.326 e. The number of hydrogen-bond acceptors (Lipinski definition) is 4. The van der Waals surface area contributed by atoms with Crippen molar-refractivity contribution in [2.24, 2.45) is 0 Å². The summed E-state index contributed by atoms with van der Waals surface area (Å²) < 4.78 is 0. The van der Waals surface area contributed by atoms with Crippen molar-refractivity contribution >= 4 is 34.5 Å². The molecular formula is C21H21N3O2S. The van der Waals surface area contributed by atoms with E-state index < -0.39 is 0 Å². The average molecular weight is 379 g/mol. The number of carbonyl (C=O) groups is 2. The Balaban J connectivity index is 1.52. The van der Waals surface area contributed by atoms with Crippen molar-refractivity contribution in [1.82, 2.24) is 4.98 Å². The second-order valence-corrected chi connectivity index (χ2v) is 7.17. The number of anilines is 2. The lowest BCUT2D eigenvalue weighted by Crippen LogP contribution is -2.12. The van der Waals surface area contributed by atoms with Gasteiger partial charge in [-0.05, 0) is 37.6 Å². The summed E-state index contributed by atoms with van der Waals surface area (Å²) in [7, 11) is 0. The number of rotatable bonds is 6. The lowest BCUT2D eigenvalue weighted by atomic mass is 10.1. The maximum absolute atomic E-state index is 12.2. The van der Waals surface area contributed by atoms with Gasteiger partial charge in [0.05, 0.1) is 5.69 Å². The SMILES string of the molecule is CC(=O)Nc1ccc(NC(=O)CCc2csc(-c3ccc(C)cc3)n2)cc1. The Morgan fingerprint density at radius 1 is 0.963 bits per heavy atom. The third-order valence-corrected chi connectivity index (χ3v) is 4.89. The highest BCUT2D eigenvalue weighted by atomic mass is 32.1. The Hall–Kier alpha value is -2.99. The van der Waals surface area contributed by atoms with E-state index >= 15 is 0 Å². The molecule has 0 unspecified atom stereocenters. The summed E-state index contributed by atoms with van der Waals surface area (Å²) in [5.74, 6) is -0.188. The van der Waals surface area contributed by atoms with Crippen LogP contribution in [0.5, 0.6) is 0 Å². The van der Waals surface area contributed by atoms with Gasteiger partial charge in [-0.3, -0.25) is 9.59 Å². The summed E-state index contributed by atoms with van der Waals surface area (Å²) in [5.41, 5.74) is 4.64. The van der Waals surface area contributed by atoms with Crippen LogP contribution in [-0.2, 0) is 16.0 Å². The fourth-order valence-electron chi connectivity index (χ4n) is 2.56. The minimum Gasteiger partial charge on any atom is -0.326 e. The third-order valence-electron chi connectivity index (χ3n) is 3.95. The van der Waals surface area contributed by atoms with Crippen molar-refractivity contribution in [2.75, 3.05) is 10.6 Å². The zero-order valence-electron chi connectivity index (χ0n) is 15.3. The molecule has 0 fully saturated rings. The van der Waals surface area contributed by atoms with Crippen LogP contribution in [0.25, 0.3) is 10.6 Å². The summed E-state index contributed by atoms with van der Waals surface area (Å²) in [6, 6.07) is 15.3. The summed E-state index contributed by atoms with van der Waals surface area (Å²) in [4.78, 5) is 27.8. The molecule has 2 aromatic carbocycles. The highest BCUT2D eigenvalue weighted by Crippen LogP contribution is 2.24. The predicted octanol–water partition coefficient (Wildman–Crippen LogP) is 4.65. The van der Waals surface area contributed by atoms with E-state index in [1.807, 2.05) is 5.38 Å². The molecule has 0 saturated heterocycles. The Kier molecular flexibility index (Phi) is 5.98. The normalized spacial score (nSPS) is 10.4. The van der Waals surface area contributed by atoms with Gasteiger partial charge in [-0.25, -0.2) is 4.98 Å². The number of hydrogen-bond donors (Lipinski definition) is 2. The van der Waals surface area contributed by atoms with Gasteiger partial charge in [-0.2, -0.15) is 0 Å². The molecule has 0 aliphatic carbocycles. The van der Waals surface area contributed by atoms with Crippen molar-refractivity contribution < 1.29 is 9.59 Å². The van der Waals surface area contributed by atoms with E-state index in [1.165, 1.54) is 12.5 Å². The molecule has 2 N–H and O–H groups in total. The molecule has 0 bridgehead atoms. The number of thiazole rings is 1. The highest BCUT2D eigenvalue weighted by molar-refractivity contribution is 7.13. The molecule has 27 heavy (non-hydrogen) atoms. The van der Waals surface area contributed by atoms with Gasteiger partial charge in [0, 0.05) is 35.7 Å². The molecule has 1 aromatic heterocycles. The van der Waals surface area contributed by atoms with Crippen LogP contribution in [-0.4, -0.2) is 16.8 Å². The maximum Gasteiger partial charge on any atom is 0.224 e. The van der Waals surface area contributed by atoms with Gasteiger partial charge in [0.25, 0.3) is 0 Å². The first kappa shape index (κ1) is 18.8. The molecule has 0 radical (unpaired) electrons. The summed E-state index contributed by atoms with van der Waals surface area (Å²) in [6.45, 7) is 3.52. The molecule has 1 heterocycles. The summed E-state index contributed by atoms with van der Waals surface area (Å²) in [6.07, 6.45) is 0.961. The number of nitrogens with one attached hydrogen (secondary N) is 2. The van der Waals surface area contributed by atoms with E-state index in [1.54, 1.807) is 35.6 Å². The van der Waals surface area contributed by atoms with E-state index in [9.17, 15) is 9.59 Å². The molecule has 0 spiro atoms. The molecule has 0 aliphatic heterocycles. The van der Waals surface area contributed by atoms with Gasteiger partial charge < -0.3 is 10.6 Å². The molecule has 138 valence electrons. The Morgan fingerprint density at radius 3 is 2.22 bits per heavy atom. The first-order valence-electron chi connectivity index (χ1n) is 8.68. The van der Waals surface area contributed by atoms with E-state index in [0.29, 0.717) is 24.2 Å².